The number of aliphatic hydroxyl groups excluding tert-OH is 2. The third kappa shape index (κ3) is 8.31. The van der Waals surface area contributed by atoms with Crippen LogP contribution in [-0.2, 0) is 47.8 Å². The molecule has 0 aromatic rings. The van der Waals surface area contributed by atoms with Crippen molar-refractivity contribution in [1.82, 2.24) is 0 Å². The number of hydrogen-bond donors (Lipinski definition) is 8. The second-order valence-corrected chi connectivity index (χ2v) is 17.6. The Kier molecular flexibility index (Phi) is 17.8. The fourth-order valence-electron chi connectivity index (χ4n) is 7.77. The molecule has 20 heteroatoms. The van der Waals surface area contributed by atoms with Gasteiger partial charge in [0.2, 0.25) is 5.60 Å². The molecule has 0 radical (unpaired) electrons. The summed E-state index contributed by atoms with van der Waals surface area (Å²) in [6.07, 6.45) is -13.8. The van der Waals surface area contributed by atoms with Crippen LogP contribution in [0.5, 0.6) is 0 Å². The largest absolute Gasteiger partial charge is 0.382 e. The molecule has 2 saturated heterocycles. The van der Waals surface area contributed by atoms with Crippen LogP contribution in [0.3, 0.4) is 0 Å². The van der Waals surface area contributed by atoms with Gasteiger partial charge in [0.15, 0.2) is 74.8 Å². The van der Waals surface area contributed by atoms with Crippen molar-refractivity contribution in [3.05, 3.63) is 0 Å². The van der Waals surface area contributed by atoms with E-state index in [0.29, 0.717) is 53.0 Å². The van der Waals surface area contributed by atoms with Crippen LogP contribution in [0.1, 0.15) is 88.0 Å². The molecule has 0 aromatic heterocycles. The van der Waals surface area contributed by atoms with E-state index in [1.54, 1.807) is 23.5 Å². The minimum atomic E-state index is -4.31. The highest BCUT2D eigenvalue weighted by Gasteiger charge is 2.88. The van der Waals surface area contributed by atoms with Gasteiger partial charge in [0.25, 0.3) is 0 Å². The van der Waals surface area contributed by atoms with E-state index in [1.807, 2.05) is 13.8 Å². The van der Waals surface area contributed by atoms with Crippen LogP contribution in [0, 0.1) is 5.92 Å². The summed E-state index contributed by atoms with van der Waals surface area (Å²) < 4.78 is 17.4. The first kappa shape index (κ1) is 52.1. The lowest BCUT2D eigenvalue weighted by atomic mass is 9.51. The molecule has 0 saturated carbocycles. The standard InChI is InChI=1S/C38H60O18S2/c1-10-12-14-57-17-26(18-58-15-13-11-2)16-54-32-35(50,23(7)43)38(53,25(9)45)36(51,30(56-32)28(47)20(4)40)31-34(49,22(6)42)37(52,24(8)44)33(48,21(5)41)29(55-31)27(46)19(3)39/h26-32,46-53H,10-18H2,1-9H3/t27?,28?,29-,30-,31-,32+,33+,34+,35+,36-,37+,38-/m1/s1. The summed E-state index contributed by atoms with van der Waals surface area (Å²) in [5.41, 5.74) is -25.0. The average Bonchev–Trinajstić information content (AvgIpc) is 3.14. The van der Waals surface area contributed by atoms with Crippen LogP contribution in [0.4, 0.5) is 0 Å². The molecule has 0 spiro atoms. The molecule has 0 amide bonds. The number of carbonyl (C=O) groups is 7. The molecular formula is C38H60O18S2. The number of aliphatic hydroxyl groups is 8. The number of Topliss-reactive ketones (excluding diaryl/α,β-unsaturated/α-hetero) is 7. The number of hydrogen-bond acceptors (Lipinski definition) is 20. The predicted molar refractivity (Wildman–Crippen MR) is 208 cm³/mol. The average molecular weight is 869 g/mol. The quantitative estimate of drug-likeness (QED) is 0.0537. The maximum absolute atomic E-state index is 14.0. The van der Waals surface area contributed by atoms with Gasteiger partial charge >= 0.3 is 0 Å². The van der Waals surface area contributed by atoms with E-state index in [1.165, 1.54) is 0 Å². The number of ketones is 7. The van der Waals surface area contributed by atoms with Gasteiger partial charge in [-0.2, -0.15) is 23.5 Å². The van der Waals surface area contributed by atoms with Gasteiger partial charge in [-0.15, -0.1) is 0 Å². The van der Waals surface area contributed by atoms with Gasteiger partial charge in [-0.05, 0) is 84.3 Å². The lowest BCUT2D eigenvalue weighted by Crippen LogP contribution is -2.95. The molecule has 2 rings (SSSR count). The molecule has 18 nitrogen and oxygen atoms in total. The number of carbonyl (C=O) groups excluding carboxylic acids is 7. The fourth-order valence-corrected chi connectivity index (χ4v) is 10.3. The lowest BCUT2D eigenvalue weighted by Gasteiger charge is -2.66. The Morgan fingerprint density at radius 1 is 0.586 bits per heavy atom. The Labute approximate surface area is 345 Å². The molecule has 2 heterocycles. The molecule has 332 valence electrons. The summed E-state index contributed by atoms with van der Waals surface area (Å²) in [5, 5.41) is 97.3. The van der Waals surface area contributed by atoms with Crippen molar-refractivity contribution in [2.45, 2.75) is 158 Å². The van der Waals surface area contributed by atoms with Crippen molar-refractivity contribution >= 4 is 64.0 Å². The van der Waals surface area contributed by atoms with E-state index in [-0.39, 0.29) is 12.5 Å². The van der Waals surface area contributed by atoms with Gasteiger partial charge in [-0.3, -0.25) is 33.6 Å². The van der Waals surface area contributed by atoms with Gasteiger partial charge in [0.1, 0.15) is 30.5 Å². The smallest absolute Gasteiger partial charge is 0.212 e. The first-order valence-corrected chi connectivity index (χ1v) is 21.3. The summed E-state index contributed by atoms with van der Waals surface area (Å²) in [5.74, 6) is -9.30. The third-order valence-electron chi connectivity index (χ3n) is 11.3. The van der Waals surface area contributed by atoms with E-state index in [0.717, 1.165) is 44.1 Å². The first-order valence-electron chi connectivity index (χ1n) is 19.0. The van der Waals surface area contributed by atoms with Crippen LogP contribution in [0.15, 0.2) is 0 Å². The number of ether oxygens (including phenoxy) is 3. The van der Waals surface area contributed by atoms with Crippen molar-refractivity contribution in [2.75, 3.05) is 29.6 Å². The first-order chi connectivity index (χ1) is 26.6. The highest BCUT2D eigenvalue weighted by Crippen LogP contribution is 2.57. The Balaban J connectivity index is 3.13. The highest BCUT2D eigenvalue weighted by molar-refractivity contribution is 8.00. The molecule has 2 fully saturated rings. The number of unbranched alkanes of at least 4 members (excludes halogenated alkanes) is 2. The Morgan fingerprint density at radius 2 is 1.00 bits per heavy atom. The van der Waals surface area contributed by atoms with Crippen molar-refractivity contribution in [2.24, 2.45) is 5.92 Å². The van der Waals surface area contributed by atoms with E-state index in [4.69, 9.17) is 14.2 Å². The Morgan fingerprint density at radius 3 is 1.36 bits per heavy atom. The van der Waals surface area contributed by atoms with Crippen LogP contribution < -0.4 is 0 Å². The van der Waals surface area contributed by atoms with Gasteiger partial charge < -0.3 is 55.1 Å². The third-order valence-corrected chi connectivity index (χ3v) is 13.8. The molecule has 2 aliphatic heterocycles. The summed E-state index contributed by atoms with van der Waals surface area (Å²) in [6.45, 7) is 7.58. The molecule has 8 N–H and O–H groups in total. The highest BCUT2D eigenvalue weighted by atomic mass is 32.2. The molecule has 0 bridgehead atoms. The molecular weight excluding hydrogens is 809 g/mol. The van der Waals surface area contributed by atoms with Crippen LogP contribution in [0.25, 0.3) is 0 Å². The molecule has 12 atom stereocenters. The van der Waals surface area contributed by atoms with E-state index in [9.17, 15) is 74.4 Å². The predicted octanol–water partition coefficient (Wildman–Crippen LogP) is -1.59. The molecule has 0 aliphatic carbocycles. The lowest BCUT2D eigenvalue weighted by molar-refractivity contribution is -0.427. The summed E-state index contributed by atoms with van der Waals surface area (Å²) in [6, 6.07) is 0. The van der Waals surface area contributed by atoms with Gasteiger partial charge in [0, 0.05) is 5.92 Å². The fraction of sp³-hybridized carbons (Fsp3) is 0.816. The van der Waals surface area contributed by atoms with Crippen LogP contribution in [0.2, 0.25) is 0 Å². The second kappa shape index (κ2) is 19.8. The van der Waals surface area contributed by atoms with E-state index < -0.39 is 111 Å². The summed E-state index contributed by atoms with van der Waals surface area (Å²) in [7, 11) is 0. The van der Waals surface area contributed by atoms with Crippen LogP contribution in [-0.4, -0.2) is 181 Å². The minimum Gasteiger partial charge on any atom is -0.382 e. The van der Waals surface area contributed by atoms with Crippen molar-refractivity contribution in [3.63, 3.8) is 0 Å². The zero-order chi connectivity index (χ0) is 45.0. The van der Waals surface area contributed by atoms with E-state index >= 15 is 0 Å². The molecule has 2 aliphatic rings. The number of thioether (sulfide) groups is 2. The maximum Gasteiger partial charge on any atom is 0.212 e. The molecule has 58 heavy (non-hydrogen) atoms. The normalized spacial score (nSPS) is 36.2. The van der Waals surface area contributed by atoms with Gasteiger partial charge in [0.05, 0.1) is 6.61 Å². The SMILES string of the molecule is CCCCSCC(CO[C@H]1O[C@H](C(O)C(C)=O)[C@@](O)([C@@H]2O[C@H](C(O)C(C)=O)[C@@](O)(C(C)=O)[C@@](O)(C(C)=O)[C@]2(O)C(C)=O)[C@@](O)(C(C)=O)[C@]1(O)C(C)=O)CSCCCC. The van der Waals surface area contributed by atoms with Gasteiger partial charge in [-0.25, -0.2) is 0 Å². The summed E-state index contributed by atoms with van der Waals surface area (Å²) in [4.78, 5) is 93.8. The molecule has 0 aromatic carbocycles. The Hall–Kier alpha value is -2.05. The number of rotatable bonds is 23. The van der Waals surface area contributed by atoms with Crippen molar-refractivity contribution < 1.29 is 88.6 Å². The van der Waals surface area contributed by atoms with Crippen molar-refractivity contribution in [1.29, 1.82) is 0 Å². The zero-order valence-electron chi connectivity index (χ0n) is 34.4. The monoisotopic (exact) mass is 868 g/mol. The summed E-state index contributed by atoms with van der Waals surface area (Å²) >= 11 is 3.16. The van der Waals surface area contributed by atoms with Crippen LogP contribution >= 0.6 is 23.5 Å². The van der Waals surface area contributed by atoms with Crippen molar-refractivity contribution in [3.8, 4) is 0 Å². The molecule has 2 unspecified atom stereocenters. The Bertz CT molecular complexity index is 1560. The second-order valence-electron chi connectivity index (χ2n) is 15.3. The topological polar surface area (TPSA) is 309 Å². The van der Waals surface area contributed by atoms with Gasteiger partial charge in [-0.1, -0.05) is 26.7 Å². The maximum atomic E-state index is 14.0. The zero-order valence-corrected chi connectivity index (χ0v) is 36.0. The van der Waals surface area contributed by atoms with E-state index in [2.05, 4.69) is 0 Å². The minimum absolute atomic E-state index is 0.348.